The average molecular weight is 233 g/mol. The highest BCUT2D eigenvalue weighted by molar-refractivity contribution is 5.47. The Morgan fingerprint density at radius 1 is 1.24 bits per heavy atom. The Labute approximate surface area is 105 Å². The first-order valence-corrected chi connectivity index (χ1v) is 6.42. The van der Waals surface area contributed by atoms with E-state index in [9.17, 15) is 0 Å². The Morgan fingerprint density at radius 2 is 2.06 bits per heavy atom. The van der Waals surface area contributed by atoms with Crippen LogP contribution in [0.3, 0.4) is 0 Å². The van der Waals surface area contributed by atoms with Crippen molar-refractivity contribution in [2.75, 3.05) is 19.0 Å². The van der Waals surface area contributed by atoms with Gasteiger partial charge in [0.2, 0.25) is 0 Å². The van der Waals surface area contributed by atoms with E-state index in [4.69, 9.17) is 4.74 Å². The van der Waals surface area contributed by atoms with Gasteiger partial charge < -0.3 is 10.1 Å². The summed E-state index contributed by atoms with van der Waals surface area (Å²) in [6, 6.07) is 8.04. The van der Waals surface area contributed by atoms with Gasteiger partial charge in [0.1, 0.15) is 5.75 Å². The van der Waals surface area contributed by atoms with Crippen LogP contribution in [0.5, 0.6) is 5.75 Å². The third-order valence-electron chi connectivity index (χ3n) is 2.53. The maximum absolute atomic E-state index is 5.68. The van der Waals surface area contributed by atoms with Gasteiger partial charge in [-0.15, -0.1) is 0 Å². The second-order valence-corrected chi connectivity index (χ2v) is 4.03. The highest BCUT2D eigenvalue weighted by Crippen LogP contribution is 2.16. The van der Waals surface area contributed by atoms with E-state index >= 15 is 0 Å². The Bertz CT molecular complexity index is 333. The molecule has 0 spiro atoms. The summed E-state index contributed by atoms with van der Waals surface area (Å²) in [5, 5.41) is 3.10. The van der Waals surface area contributed by atoms with Crippen molar-refractivity contribution in [3.8, 4) is 5.75 Å². The van der Waals surface area contributed by atoms with Crippen molar-refractivity contribution in [2.24, 2.45) is 0 Å². The van der Waals surface area contributed by atoms with Crippen LogP contribution in [0, 0.1) is 0 Å². The summed E-state index contributed by atoms with van der Waals surface area (Å²) in [6.07, 6.45) is 9.09. The number of hydrogen-bond donors (Lipinski definition) is 1. The lowest BCUT2D eigenvalue weighted by molar-refractivity contribution is 0.312. The van der Waals surface area contributed by atoms with E-state index in [2.05, 4.69) is 24.4 Å². The summed E-state index contributed by atoms with van der Waals surface area (Å²) >= 11 is 0. The lowest BCUT2D eigenvalue weighted by Crippen LogP contribution is -1.97. The second-order valence-electron chi connectivity index (χ2n) is 4.03. The van der Waals surface area contributed by atoms with Gasteiger partial charge in [-0.2, -0.15) is 0 Å². The fourth-order valence-corrected chi connectivity index (χ4v) is 1.53. The van der Waals surface area contributed by atoms with Crippen LogP contribution in [0.15, 0.2) is 36.4 Å². The Morgan fingerprint density at radius 3 is 2.82 bits per heavy atom. The number of allylic oxidation sites excluding steroid dienone is 2. The quantitative estimate of drug-likeness (QED) is 0.535. The van der Waals surface area contributed by atoms with Crippen molar-refractivity contribution in [3.05, 3.63) is 36.4 Å². The Hall–Kier alpha value is -1.44. The lowest BCUT2D eigenvalue weighted by Gasteiger charge is -2.07. The lowest BCUT2D eigenvalue weighted by atomic mass is 10.2. The van der Waals surface area contributed by atoms with Gasteiger partial charge in [0.25, 0.3) is 0 Å². The first kappa shape index (κ1) is 13.6. The van der Waals surface area contributed by atoms with Crippen molar-refractivity contribution in [2.45, 2.75) is 32.6 Å². The number of anilines is 1. The van der Waals surface area contributed by atoms with E-state index in [1.54, 1.807) is 0 Å². The normalized spacial score (nSPS) is 10.7. The second kappa shape index (κ2) is 8.68. The summed E-state index contributed by atoms with van der Waals surface area (Å²) in [7, 11) is 1.91. The molecule has 0 saturated carbocycles. The molecule has 0 saturated heterocycles. The largest absolute Gasteiger partial charge is 0.494 e. The van der Waals surface area contributed by atoms with Crippen LogP contribution in [0.4, 0.5) is 5.69 Å². The highest BCUT2D eigenvalue weighted by atomic mass is 16.5. The predicted octanol–water partition coefficient (Wildman–Crippen LogP) is 4.24. The van der Waals surface area contributed by atoms with Crippen LogP contribution in [-0.4, -0.2) is 13.7 Å². The summed E-state index contributed by atoms with van der Waals surface area (Å²) in [6.45, 7) is 2.98. The fraction of sp³-hybridized carbons (Fsp3) is 0.467. The molecule has 94 valence electrons. The van der Waals surface area contributed by atoms with E-state index in [1.165, 1.54) is 12.8 Å². The van der Waals surface area contributed by atoms with Gasteiger partial charge in [-0.25, -0.2) is 0 Å². The number of rotatable bonds is 8. The zero-order valence-corrected chi connectivity index (χ0v) is 10.9. The van der Waals surface area contributed by atoms with Crippen LogP contribution in [0.1, 0.15) is 32.6 Å². The third kappa shape index (κ3) is 6.00. The van der Waals surface area contributed by atoms with Crippen molar-refractivity contribution < 1.29 is 4.74 Å². The minimum absolute atomic E-state index is 0.781. The van der Waals surface area contributed by atoms with Crippen LogP contribution < -0.4 is 10.1 Å². The summed E-state index contributed by atoms with van der Waals surface area (Å²) in [4.78, 5) is 0. The number of hydrogen-bond acceptors (Lipinski definition) is 2. The molecule has 0 aliphatic rings. The molecule has 0 radical (unpaired) electrons. The van der Waals surface area contributed by atoms with Gasteiger partial charge in [0.15, 0.2) is 0 Å². The van der Waals surface area contributed by atoms with Gasteiger partial charge in [0, 0.05) is 18.8 Å². The summed E-state index contributed by atoms with van der Waals surface area (Å²) < 4.78 is 5.68. The van der Waals surface area contributed by atoms with Gasteiger partial charge in [-0.05, 0) is 31.4 Å². The standard InChI is InChI=1S/C15H23NO/c1-3-4-5-6-7-8-12-17-15-11-9-10-14(13-15)16-2/h5-6,9-11,13,16H,3-4,7-8,12H2,1-2H3/b6-5+. The smallest absolute Gasteiger partial charge is 0.121 e. The number of unbranched alkanes of at least 4 members (excludes halogenated alkanes) is 2. The number of benzene rings is 1. The zero-order chi connectivity index (χ0) is 12.3. The SMILES string of the molecule is CCC/C=C/CCCOc1cccc(NC)c1. The molecule has 0 heterocycles. The van der Waals surface area contributed by atoms with E-state index in [-0.39, 0.29) is 0 Å². The molecule has 0 unspecified atom stereocenters. The molecule has 0 aliphatic carbocycles. The van der Waals surface area contributed by atoms with Crippen LogP contribution >= 0.6 is 0 Å². The molecular weight excluding hydrogens is 210 g/mol. The number of nitrogens with one attached hydrogen (secondary N) is 1. The molecule has 2 heteroatoms. The van der Waals surface area contributed by atoms with Crippen molar-refractivity contribution in [3.63, 3.8) is 0 Å². The molecular formula is C15H23NO. The zero-order valence-electron chi connectivity index (χ0n) is 10.9. The maximum atomic E-state index is 5.68. The highest BCUT2D eigenvalue weighted by Gasteiger charge is 1.94. The van der Waals surface area contributed by atoms with Crippen LogP contribution in [-0.2, 0) is 0 Å². The predicted molar refractivity (Wildman–Crippen MR) is 74.8 cm³/mol. The maximum Gasteiger partial charge on any atom is 0.121 e. The molecule has 0 aromatic heterocycles. The molecule has 0 aliphatic heterocycles. The third-order valence-corrected chi connectivity index (χ3v) is 2.53. The summed E-state index contributed by atoms with van der Waals surface area (Å²) in [5.41, 5.74) is 1.09. The monoisotopic (exact) mass is 233 g/mol. The fourth-order valence-electron chi connectivity index (χ4n) is 1.53. The molecule has 2 nitrogen and oxygen atoms in total. The minimum Gasteiger partial charge on any atom is -0.494 e. The Balaban J connectivity index is 2.17. The first-order valence-electron chi connectivity index (χ1n) is 6.42. The van der Waals surface area contributed by atoms with E-state index in [1.807, 2.05) is 31.3 Å². The first-order chi connectivity index (χ1) is 8.36. The van der Waals surface area contributed by atoms with Gasteiger partial charge in [-0.3, -0.25) is 0 Å². The molecule has 1 N–H and O–H groups in total. The average Bonchev–Trinajstić information content (AvgIpc) is 2.38. The Kier molecular flexibility index (Phi) is 6.96. The van der Waals surface area contributed by atoms with Crippen molar-refractivity contribution >= 4 is 5.69 Å². The van der Waals surface area contributed by atoms with Crippen molar-refractivity contribution in [1.82, 2.24) is 0 Å². The molecule has 0 bridgehead atoms. The van der Waals surface area contributed by atoms with Crippen LogP contribution in [0.2, 0.25) is 0 Å². The molecule has 17 heavy (non-hydrogen) atoms. The topological polar surface area (TPSA) is 21.3 Å². The van der Waals surface area contributed by atoms with E-state index < -0.39 is 0 Å². The molecule has 1 aromatic carbocycles. The molecule has 1 aromatic rings. The van der Waals surface area contributed by atoms with Gasteiger partial charge >= 0.3 is 0 Å². The molecule has 0 fully saturated rings. The van der Waals surface area contributed by atoms with Gasteiger partial charge in [0.05, 0.1) is 6.61 Å². The molecule has 0 atom stereocenters. The van der Waals surface area contributed by atoms with Crippen molar-refractivity contribution in [1.29, 1.82) is 0 Å². The van der Waals surface area contributed by atoms with Gasteiger partial charge in [-0.1, -0.05) is 31.6 Å². The summed E-state index contributed by atoms with van der Waals surface area (Å²) in [5.74, 6) is 0.939. The molecule has 0 amide bonds. The van der Waals surface area contributed by atoms with Crippen LogP contribution in [0.25, 0.3) is 0 Å². The van der Waals surface area contributed by atoms with E-state index in [0.717, 1.165) is 30.9 Å². The van der Waals surface area contributed by atoms with E-state index in [0.29, 0.717) is 0 Å². The minimum atomic E-state index is 0.781. The number of ether oxygens (including phenoxy) is 1. The molecule has 1 rings (SSSR count).